The van der Waals surface area contributed by atoms with Crippen molar-refractivity contribution in [2.45, 2.75) is 66.0 Å². The van der Waals surface area contributed by atoms with Crippen molar-refractivity contribution in [2.75, 3.05) is 31.5 Å². The van der Waals surface area contributed by atoms with E-state index in [1.165, 1.54) is 11.9 Å². The summed E-state index contributed by atoms with van der Waals surface area (Å²) in [5.74, 6) is 0.897. The van der Waals surface area contributed by atoms with E-state index in [9.17, 15) is 4.79 Å². The minimum Gasteiger partial charge on any atom is -0.495 e. The first kappa shape index (κ1) is 25.4. The third kappa shape index (κ3) is 9.23. The fraction of sp³-hybridized carbons (Fsp3) is 0.667. The number of amides is 1. The molecule has 2 rings (SSSR count). The molecule has 1 aromatic rings. The van der Waals surface area contributed by atoms with Gasteiger partial charge >= 0.3 is 6.09 Å². The Bertz CT molecular complexity index is 551. The van der Waals surface area contributed by atoms with Crippen LogP contribution in [-0.4, -0.2) is 44.3 Å². The van der Waals surface area contributed by atoms with E-state index < -0.39 is 5.60 Å². The van der Waals surface area contributed by atoms with Crippen molar-refractivity contribution < 1.29 is 14.3 Å². The molecule has 1 aliphatic rings. The molecule has 1 amide bonds. The van der Waals surface area contributed by atoms with Gasteiger partial charge in [0.2, 0.25) is 0 Å². The van der Waals surface area contributed by atoms with Crippen molar-refractivity contribution in [1.29, 1.82) is 0 Å². The molecule has 1 aliphatic heterocycles. The number of benzene rings is 1. The number of methoxy groups -OCH3 is 1. The highest BCUT2D eigenvalue weighted by Gasteiger charge is 2.24. The van der Waals surface area contributed by atoms with Gasteiger partial charge in [-0.1, -0.05) is 19.9 Å². The Kier molecular flexibility index (Phi) is 11.9. The molecule has 156 valence electrons. The molecule has 1 aromatic carbocycles. The lowest BCUT2D eigenvalue weighted by Gasteiger charge is -2.35. The Morgan fingerprint density at radius 2 is 1.74 bits per heavy atom. The van der Waals surface area contributed by atoms with Crippen LogP contribution in [0.3, 0.4) is 0 Å². The first-order valence-electron chi connectivity index (χ1n) is 9.55. The van der Waals surface area contributed by atoms with E-state index in [1.54, 1.807) is 7.11 Å². The number of halogens is 1. The molecule has 1 fully saturated rings. The lowest BCUT2D eigenvalue weighted by Crippen LogP contribution is -2.46. The molecule has 0 radical (unpaired) electrons. The number of anilines is 1. The summed E-state index contributed by atoms with van der Waals surface area (Å²) in [4.78, 5) is 14.2. The molecular formula is C21H37ClN2O3. The SMILES string of the molecule is CC.CCl.COc1ccc(C)cc1N1CCC(NC(=O)OC(C)(C)C)CC1. The fourth-order valence-electron chi connectivity index (χ4n) is 2.79. The molecule has 6 heteroatoms. The van der Waals surface area contributed by atoms with E-state index in [4.69, 9.17) is 9.47 Å². The van der Waals surface area contributed by atoms with Crippen molar-refractivity contribution >= 4 is 23.4 Å². The average Bonchev–Trinajstić information content (AvgIpc) is 2.64. The quantitative estimate of drug-likeness (QED) is 0.692. The summed E-state index contributed by atoms with van der Waals surface area (Å²) < 4.78 is 10.8. The zero-order valence-corrected chi connectivity index (χ0v) is 18.9. The molecule has 1 N–H and O–H groups in total. The molecule has 1 heterocycles. The van der Waals surface area contributed by atoms with Gasteiger partial charge in [0.15, 0.2) is 0 Å². The number of nitrogens with zero attached hydrogens (tertiary/aromatic N) is 1. The lowest BCUT2D eigenvalue weighted by molar-refractivity contribution is 0.0497. The van der Waals surface area contributed by atoms with E-state index in [2.05, 4.69) is 40.9 Å². The van der Waals surface area contributed by atoms with Crippen molar-refractivity contribution in [3.63, 3.8) is 0 Å². The van der Waals surface area contributed by atoms with Gasteiger partial charge in [-0.15, -0.1) is 11.6 Å². The Morgan fingerprint density at radius 3 is 2.22 bits per heavy atom. The van der Waals surface area contributed by atoms with Crippen LogP contribution in [0.25, 0.3) is 0 Å². The van der Waals surface area contributed by atoms with Crippen LogP contribution in [0.5, 0.6) is 5.75 Å². The van der Waals surface area contributed by atoms with E-state index in [1.807, 2.05) is 40.7 Å². The molecule has 27 heavy (non-hydrogen) atoms. The van der Waals surface area contributed by atoms with Crippen LogP contribution in [0.15, 0.2) is 18.2 Å². The first-order chi connectivity index (χ1) is 12.8. The molecule has 0 atom stereocenters. The van der Waals surface area contributed by atoms with Crippen LogP contribution >= 0.6 is 11.6 Å². The van der Waals surface area contributed by atoms with Crippen LogP contribution in [0.1, 0.15) is 53.0 Å². The second-order valence-corrected chi connectivity index (χ2v) is 7.08. The van der Waals surface area contributed by atoms with Crippen LogP contribution in [0.2, 0.25) is 0 Å². The van der Waals surface area contributed by atoms with Gasteiger partial charge in [0.1, 0.15) is 11.4 Å². The van der Waals surface area contributed by atoms with Gasteiger partial charge in [-0.05, 0) is 58.2 Å². The zero-order chi connectivity index (χ0) is 21.0. The average molecular weight is 401 g/mol. The molecule has 0 spiro atoms. The molecule has 0 saturated carbocycles. The predicted molar refractivity (Wildman–Crippen MR) is 115 cm³/mol. The molecule has 0 unspecified atom stereocenters. The fourth-order valence-corrected chi connectivity index (χ4v) is 2.79. The van der Waals surface area contributed by atoms with Crippen LogP contribution in [-0.2, 0) is 4.74 Å². The number of piperidine rings is 1. The Hall–Kier alpha value is -1.62. The van der Waals surface area contributed by atoms with Crippen LogP contribution < -0.4 is 15.0 Å². The summed E-state index contributed by atoms with van der Waals surface area (Å²) in [5.41, 5.74) is 1.89. The van der Waals surface area contributed by atoms with Crippen LogP contribution in [0, 0.1) is 6.92 Å². The van der Waals surface area contributed by atoms with Crippen LogP contribution in [0.4, 0.5) is 10.5 Å². The predicted octanol–water partition coefficient (Wildman–Crippen LogP) is 5.38. The number of alkyl halides is 1. The van der Waals surface area contributed by atoms with Crippen molar-refractivity contribution in [3.05, 3.63) is 23.8 Å². The number of hydrogen-bond acceptors (Lipinski definition) is 4. The van der Waals surface area contributed by atoms with Gasteiger partial charge in [0.05, 0.1) is 12.8 Å². The number of hydrogen-bond donors (Lipinski definition) is 1. The number of alkyl carbamates (subject to hydrolysis) is 1. The molecule has 5 nitrogen and oxygen atoms in total. The third-order valence-electron chi connectivity index (χ3n) is 3.89. The molecule has 0 aromatic heterocycles. The van der Waals surface area contributed by atoms with Gasteiger partial charge in [0, 0.05) is 25.5 Å². The van der Waals surface area contributed by atoms with Gasteiger partial charge in [-0.25, -0.2) is 4.79 Å². The Labute approximate surface area is 170 Å². The normalized spacial score (nSPS) is 14.2. The number of carbonyl (C=O) groups is 1. The Balaban J connectivity index is 0.00000158. The minimum absolute atomic E-state index is 0.164. The maximum absolute atomic E-state index is 11.9. The summed E-state index contributed by atoms with van der Waals surface area (Å²) in [6.45, 7) is 13.5. The topological polar surface area (TPSA) is 50.8 Å². The van der Waals surface area contributed by atoms with Gasteiger partial charge in [-0.2, -0.15) is 0 Å². The smallest absolute Gasteiger partial charge is 0.407 e. The Morgan fingerprint density at radius 1 is 1.19 bits per heavy atom. The molecule has 0 bridgehead atoms. The zero-order valence-electron chi connectivity index (χ0n) is 18.2. The number of nitrogens with one attached hydrogen (secondary N) is 1. The second kappa shape index (κ2) is 12.7. The largest absolute Gasteiger partial charge is 0.495 e. The summed E-state index contributed by atoms with van der Waals surface area (Å²) in [6, 6.07) is 6.38. The van der Waals surface area contributed by atoms with Gasteiger partial charge in [0.25, 0.3) is 0 Å². The van der Waals surface area contributed by atoms with Crippen molar-refractivity contribution in [3.8, 4) is 5.75 Å². The van der Waals surface area contributed by atoms with E-state index >= 15 is 0 Å². The van der Waals surface area contributed by atoms with E-state index in [-0.39, 0.29) is 12.1 Å². The summed E-state index contributed by atoms with van der Waals surface area (Å²) >= 11 is 4.64. The standard InChI is InChI=1S/C18H28N2O3.C2H6.CH3Cl/c1-13-6-7-16(22-5)15(12-13)20-10-8-14(9-11-20)19-17(21)23-18(2,3)4;2*1-2/h6-7,12,14H,8-11H2,1-5H3,(H,19,21);1-2H3;1H3. The van der Waals surface area contributed by atoms with Gasteiger partial charge in [-0.3, -0.25) is 0 Å². The summed E-state index contributed by atoms with van der Waals surface area (Å²) in [7, 11) is 1.70. The van der Waals surface area contributed by atoms with Crippen molar-refractivity contribution in [1.82, 2.24) is 5.32 Å². The third-order valence-corrected chi connectivity index (χ3v) is 3.89. The number of carbonyl (C=O) groups excluding carboxylic acids is 1. The van der Waals surface area contributed by atoms with E-state index in [0.717, 1.165) is 37.4 Å². The molecular weight excluding hydrogens is 364 g/mol. The number of rotatable bonds is 3. The monoisotopic (exact) mass is 400 g/mol. The highest BCUT2D eigenvalue weighted by molar-refractivity contribution is 6.15. The summed E-state index contributed by atoms with van der Waals surface area (Å²) in [5, 5.41) is 2.97. The molecule has 1 saturated heterocycles. The van der Waals surface area contributed by atoms with E-state index in [0.29, 0.717) is 0 Å². The second-order valence-electron chi connectivity index (χ2n) is 7.08. The van der Waals surface area contributed by atoms with Crippen molar-refractivity contribution in [2.24, 2.45) is 0 Å². The highest BCUT2D eigenvalue weighted by atomic mass is 35.5. The number of aryl methyl sites for hydroxylation is 1. The molecule has 0 aliphatic carbocycles. The maximum Gasteiger partial charge on any atom is 0.407 e. The van der Waals surface area contributed by atoms with Gasteiger partial charge < -0.3 is 19.7 Å². The maximum atomic E-state index is 11.9. The highest BCUT2D eigenvalue weighted by Crippen LogP contribution is 2.31. The summed E-state index contributed by atoms with van der Waals surface area (Å²) in [6.07, 6.45) is 2.94. The lowest BCUT2D eigenvalue weighted by atomic mass is 10.0. The minimum atomic E-state index is -0.459. The number of ether oxygens (including phenoxy) is 2. The first-order valence-corrected chi connectivity index (χ1v) is 10.3.